The van der Waals surface area contributed by atoms with Crippen molar-refractivity contribution in [1.29, 1.82) is 0 Å². The summed E-state index contributed by atoms with van der Waals surface area (Å²) in [5, 5.41) is 2.56. The van der Waals surface area contributed by atoms with Gasteiger partial charge in [-0.1, -0.05) is 6.07 Å². The van der Waals surface area contributed by atoms with E-state index in [1.54, 1.807) is 43.1 Å². The predicted octanol–water partition coefficient (Wildman–Crippen LogP) is 6.38. The summed E-state index contributed by atoms with van der Waals surface area (Å²) in [4.78, 5) is 25.7. The summed E-state index contributed by atoms with van der Waals surface area (Å²) in [6.45, 7) is 3.45. The molecule has 0 spiro atoms. The van der Waals surface area contributed by atoms with E-state index >= 15 is 0 Å². The van der Waals surface area contributed by atoms with E-state index in [1.165, 1.54) is 49.1 Å². The summed E-state index contributed by atoms with van der Waals surface area (Å²) >= 11 is 0. The number of fused-ring (bicyclic) bond motifs is 2. The maximum atomic E-state index is 14.1. The van der Waals surface area contributed by atoms with Crippen LogP contribution in [0.25, 0.3) is 45.1 Å². The Kier molecular flexibility index (Phi) is 8.58. The van der Waals surface area contributed by atoms with Gasteiger partial charge in [-0.3, -0.25) is 0 Å². The van der Waals surface area contributed by atoms with Crippen molar-refractivity contribution in [3.05, 3.63) is 102 Å². The molecule has 49 heavy (non-hydrogen) atoms. The monoisotopic (exact) mass is 689 g/mol. The highest BCUT2D eigenvalue weighted by molar-refractivity contribution is 7.90. The third-order valence-electron chi connectivity index (χ3n) is 7.50. The molecule has 0 atom stereocenters. The number of aryl methyl sites for hydroxylation is 4. The van der Waals surface area contributed by atoms with Crippen LogP contribution >= 0.6 is 0 Å². The summed E-state index contributed by atoms with van der Waals surface area (Å²) in [6.07, 6.45) is 4.09. The molecule has 0 aliphatic rings. The average molecular weight is 690 g/mol. The third kappa shape index (κ3) is 6.54. The van der Waals surface area contributed by atoms with Gasteiger partial charge in [0.2, 0.25) is 0 Å². The van der Waals surface area contributed by atoms with Crippen LogP contribution in [0.3, 0.4) is 0 Å². The van der Waals surface area contributed by atoms with Gasteiger partial charge in [0.15, 0.2) is 49.1 Å². The SMILES string of the molecule is Cc1cc(F)ccc1-c1nc(Nc2c(F)cccc2F)c2ncn(C)c2n1.Cc1cc(F)ccc1-c1nc(S(C)(=O)=O)c2ncn(C)c2n1. The first-order chi connectivity index (χ1) is 23.2. The van der Waals surface area contributed by atoms with E-state index in [1.807, 2.05) is 0 Å². The highest BCUT2D eigenvalue weighted by atomic mass is 32.2. The van der Waals surface area contributed by atoms with Gasteiger partial charge in [0.25, 0.3) is 0 Å². The van der Waals surface area contributed by atoms with E-state index in [2.05, 4.69) is 35.2 Å². The molecule has 0 saturated carbocycles. The molecule has 4 aromatic heterocycles. The number of sulfone groups is 1. The van der Waals surface area contributed by atoms with Gasteiger partial charge < -0.3 is 14.5 Å². The molecular weight excluding hydrogens is 662 g/mol. The number of nitrogens with zero attached hydrogens (tertiary/aromatic N) is 8. The Labute approximate surface area is 277 Å². The van der Waals surface area contributed by atoms with Gasteiger partial charge in [0.05, 0.1) is 12.7 Å². The van der Waals surface area contributed by atoms with Crippen LogP contribution in [0.2, 0.25) is 0 Å². The maximum absolute atomic E-state index is 14.1. The molecule has 0 unspecified atom stereocenters. The van der Waals surface area contributed by atoms with Crippen molar-refractivity contribution in [3.63, 3.8) is 0 Å². The fourth-order valence-electron chi connectivity index (χ4n) is 5.07. The van der Waals surface area contributed by atoms with Crippen LogP contribution in [0.15, 0.2) is 72.3 Å². The van der Waals surface area contributed by atoms with E-state index in [4.69, 9.17) is 0 Å². The van der Waals surface area contributed by atoms with Crippen molar-refractivity contribution in [2.45, 2.75) is 18.9 Å². The molecule has 11 nitrogen and oxygen atoms in total. The zero-order valence-electron chi connectivity index (χ0n) is 26.7. The molecule has 0 radical (unpaired) electrons. The number of nitrogens with one attached hydrogen (secondary N) is 1. The van der Waals surface area contributed by atoms with Crippen LogP contribution in [0.5, 0.6) is 0 Å². The Hall–Kier alpha value is -5.77. The average Bonchev–Trinajstić information content (AvgIpc) is 3.60. The minimum Gasteiger partial charge on any atom is -0.333 e. The largest absolute Gasteiger partial charge is 0.333 e. The summed E-state index contributed by atoms with van der Waals surface area (Å²) < 4.78 is 82.1. The van der Waals surface area contributed by atoms with Crippen molar-refractivity contribution in [1.82, 2.24) is 39.0 Å². The quantitative estimate of drug-likeness (QED) is 0.161. The zero-order chi connectivity index (χ0) is 35.2. The molecule has 4 heterocycles. The molecule has 0 fully saturated rings. The molecule has 0 amide bonds. The number of halogens is 4. The number of hydrogen-bond donors (Lipinski definition) is 1. The molecule has 1 N–H and O–H groups in total. The van der Waals surface area contributed by atoms with Crippen LogP contribution in [0.4, 0.5) is 29.1 Å². The van der Waals surface area contributed by atoms with Gasteiger partial charge in [-0.2, -0.15) is 0 Å². The molecule has 0 aliphatic heterocycles. The van der Waals surface area contributed by atoms with Crippen LogP contribution < -0.4 is 5.32 Å². The molecule has 0 bridgehead atoms. The minimum atomic E-state index is -3.57. The first kappa shape index (κ1) is 33.1. The lowest BCUT2D eigenvalue weighted by Crippen LogP contribution is -2.06. The Morgan fingerprint density at radius 3 is 1.67 bits per heavy atom. The van der Waals surface area contributed by atoms with E-state index in [0.717, 1.165) is 18.4 Å². The number of para-hydroxylation sites is 1. The number of imidazole rings is 2. The standard InChI is InChI=1S/C19H14F3N5.C14H13FN4O2S/c1-10-8-11(20)6-7-12(10)17-25-18(16-19(26-17)27(2)9-23-16)24-15-13(21)4-3-5-14(15)22;1-8-6-9(15)4-5-10(8)12-17-13-11(16-7-19(13)2)14(18-12)22(3,20)21/h3-9H,1-2H3,(H,24,25,26);4-7H,1-3H3. The number of anilines is 2. The van der Waals surface area contributed by atoms with Crippen molar-refractivity contribution in [3.8, 4) is 22.8 Å². The van der Waals surface area contributed by atoms with Gasteiger partial charge in [-0.25, -0.2) is 55.9 Å². The molecule has 0 aliphatic carbocycles. The molecule has 16 heteroatoms. The van der Waals surface area contributed by atoms with Crippen LogP contribution in [-0.4, -0.2) is 53.7 Å². The van der Waals surface area contributed by atoms with Gasteiger partial charge >= 0.3 is 0 Å². The molecular formula is C33H27F4N9O2S. The summed E-state index contributed by atoms with van der Waals surface area (Å²) in [5.41, 5.74) is 3.60. The highest BCUT2D eigenvalue weighted by Crippen LogP contribution is 2.30. The first-order valence-corrected chi connectivity index (χ1v) is 16.4. The lowest BCUT2D eigenvalue weighted by molar-refractivity contribution is 0.590. The topological polar surface area (TPSA) is 133 Å². The second kappa shape index (κ2) is 12.7. The highest BCUT2D eigenvalue weighted by Gasteiger charge is 2.22. The predicted molar refractivity (Wildman–Crippen MR) is 176 cm³/mol. The van der Waals surface area contributed by atoms with Gasteiger partial charge in [-0.05, 0) is 73.5 Å². The number of hydrogen-bond acceptors (Lipinski definition) is 9. The van der Waals surface area contributed by atoms with E-state index in [-0.39, 0.29) is 39.5 Å². The lowest BCUT2D eigenvalue weighted by Gasteiger charge is -2.11. The van der Waals surface area contributed by atoms with Crippen LogP contribution in [0, 0.1) is 37.1 Å². The summed E-state index contributed by atoms with van der Waals surface area (Å²) in [6, 6.07) is 12.0. The minimum absolute atomic E-state index is 0.128. The number of benzene rings is 3. The Morgan fingerprint density at radius 2 is 1.16 bits per heavy atom. The van der Waals surface area contributed by atoms with E-state index in [0.29, 0.717) is 44.9 Å². The molecule has 250 valence electrons. The van der Waals surface area contributed by atoms with E-state index in [9.17, 15) is 26.0 Å². The molecule has 7 rings (SSSR count). The second-order valence-corrected chi connectivity index (χ2v) is 13.1. The molecule has 0 saturated heterocycles. The summed E-state index contributed by atoms with van der Waals surface area (Å²) in [7, 11) is -0.104. The Morgan fingerprint density at radius 1 is 0.673 bits per heavy atom. The van der Waals surface area contributed by atoms with Crippen molar-refractivity contribution < 1.29 is 26.0 Å². The number of aromatic nitrogens is 8. The van der Waals surface area contributed by atoms with Crippen LogP contribution in [0.1, 0.15) is 11.1 Å². The lowest BCUT2D eigenvalue weighted by atomic mass is 10.1. The second-order valence-electron chi connectivity index (χ2n) is 11.2. The number of rotatable bonds is 5. The van der Waals surface area contributed by atoms with Crippen LogP contribution in [-0.2, 0) is 23.9 Å². The first-order valence-electron chi connectivity index (χ1n) is 14.5. The van der Waals surface area contributed by atoms with Gasteiger partial charge in [-0.15, -0.1) is 0 Å². The Balaban J connectivity index is 0.000000174. The van der Waals surface area contributed by atoms with E-state index < -0.39 is 21.5 Å². The molecule has 3 aromatic carbocycles. The zero-order valence-corrected chi connectivity index (χ0v) is 27.5. The smallest absolute Gasteiger partial charge is 0.195 e. The third-order valence-corrected chi connectivity index (χ3v) is 8.49. The van der Waals surface area contributed by atoms with Gasteiger partial charge in [0.1, 0.15) is 34.5 Å². The normalized spacial score (nSPS) is 11.5. The Bertz CT molecular complexity index is 2500. The van der Waals surface area contributed by atoms with Crippen molar-refractivity contribution in [2.75, 3.05) is 11.6 Å². The van der Waals surface area contributed by atoms with Crippen molar-refractivity contribution in [2.24, 2.45) is 14.1 Å². The maximum Gasteiger partial charge on any atom is 0.195 e. The molecule has 7 aromatic rings. The fraction of sp³-hybridized carbons (Fsp3) is 0.152. The fourth-order valence-corrected chi connectivity index (χ4v) is 5.81. The van der Waals surface area contributed by atoms with Crippen molar-refractivity contribution >= 4 is 43.7 Å². The summed E-state index contributed by atoms with van der Waals surface area (Å²) in [5.74, 6) is -1.56. The van der Waals surface area contributed by atoms with Gasteiger partial charge in [0, 0.05) is 31.5 Å².